The van der Waals surface area contributed by atoms with Crippen LogP contribution in [0.2, 0.25) is 5.02 Å². The number of methoxy groups -OCH3 is 1. The van der Waals surface area contributed by atoms with Crippen LogP contribution in [0.15, 0.2) is 36.4 Å². The standard InChI is InChI=1S/C19H19ClFNO4/c1-12(23)13-5-8-17(18(10-13)25-2)26-9-3-4-19(24)22-16-7-6-14(20)11-15(16)21/h5-8,10-11H,3-4,9H2,1-2H3,(H,22,24). The first kappa shape index (κ1) is 19.7. The smallest absolute Gasteiger partial charge is 0.224 e. The molecule has 5 nitrogen and oxygen atoms in total. The highest BCUT2D eigenvalue weighted by atomic mass is 35.5. The van der Waals surface area contributed by atoms with Gasteiger partial charge in [0.05, 0.1) is 19.4 Å². The van der Waals surface area contributed by atoms with E-state index in [-0.39, 0.29) is 35.4 Å². The second kappa shape index (κ2) is 9.20. The minimum Gasteiger partial charge on any atom is -0.493 e. The van der Waals surface area contributed by atoms with E-state index in [0.717, 1.165) is 6.07 Å². The summed E-state index contributed by atoms with van der Waals surface area (Å²) in [6.45, 7) is 1.74. The number of benzene rings is 2. The third-order valence-electron chi connectivity index (χ3n) is 3.58. The van der Waals surface area contributed by atoms with E-state index >= 15 is 0 Å². The number of hydrogen-bond acceptors (Lipinski definition) is 4. The van der Waals surface area contributed by atoms with Crippen LogP contribution in [0.4, 0.5) is 10.1 Å². The molecule has 0 spiro atoms. The lowest BCUT2D eigenvalue weighted by Gasteiger charge is -2.11. The van der Waals surface area contributed by atoms with E-state index < -0.39 is 5.82 Å². The van der Waals surface area contributed by atoms with Gasteiger partial charge in [-0.1, -0.05) is 11.6 Å². The first-order valence-corrected chi connectivity index (χ1v) is 8.35. The van der Waals surface area contributed by atoms with Gasteiger partial charge in [-0.15, -0.1) is 0 Å². The summed E-state index contributed by atoms with van der Waals surface area (Å²) >= 11 is 5.67. The second-order valence-corrected chi connectivity index (χ2v) is 5.98. The fourth-order valence-corrected chi connectivity index (χ4v) is 2.38. The van der Waals surface area contributed by atoms with Crippen molar-refractivity contribution in [3.8, 4) is 11.5 Å². The van der Waals surface area contributed by atoms with Crippen molar-refractivity contribution < 1.29 is 23.5 Å². The number of nitrogens with one attached hydrogen (secondary N) is 1. The molecule has 138 valence electrons. The Bertz CT molecular complexity index is 810. The Balaban J connectivity index is 1.83. The number of ketones is 1. The summed E-state index contributed by atoms with van der Waals surface area (Å²) in [5.41, 5.74) is 0.611. The molecule has 2 aromatic carbocycles. The van der Waals surface area contributed by atoms with Gasteiger partial charge in [0.1, 0.15) is 5.82 Å². The molecule has 0 radical (unpaired) electrons. The van der Waals surface area contributed by atoms with Gasteiger partial charge in [-0.2, -0.15) is 0 Å². The summed E-state index contributed by atoms with van der Waals surface area (Å²) < 4.78 is 24.4. The van der Waals surface area contributed by atoms with E-state index in [0.29, 0.717) is 23.5 Å². The van der Waals surface area contributed by atoms with Crippen molar-refractivity contribution in [3.63, 3.8) is 0 Å². The molecule has 1 amide bonds. The zero-order valence-corrected chi connectivity index (χ0v) is 15.2. The molecule has 0 saturated heterocycles. The minimum atomic E-state index is -0.586. The van der Waals surface area contributed by atoms with Gasteiger partial charge in [-0.3, -0.25) is 9.59 Å². The van der Waals surface area contributed by atoms with Crippen molar-refractivity contribution in [3.05, 3.63) is 52.8 Å². The van der Waals surface area contributed by atoms with Crippen molar-refractivity contribution in [1.82, 2.24) is 0 Å². The van der Waals surface area contributed by atoms with Gasteiger partial charge in [0, 0.05) is 17.0 Å². The molecule has 0 aliphatic heterocycles. The maximum absolute atomic E-state index is 13.6. The molecule has 0 aromatic heterocycles. The number of halogens is 2. The average molecular weight is 380 g/mol. The Morgan fingerprint density at radius 2 is 1.92 bits per heavy atom. The quantitative estimate of drug-likeness (QED) is 0.542. The lowest BCUT2D eigenvalue weighted by molar-refractivity contribution is -0.116. The van der Waals surface area contributed by atoms with Gasteiger partial charge in [0.15, 0.2) is 17.3 Å². The highest BCUT2D eigenvalue weighted by Gasteiger charge is 2.10. The molecule has 0 unspecified atom stereocenters. The second-order valence-electron chi connectivity index (χ2n) is 5.55. The molecule has 0 aliphatic carbocycles. The van der Waals surface area contributed by atoms with E-state index in [9.17, 15) is 14.0 Å². The number of Topliss-reactive ketones (excluding diaryl/α,β-unsaturated/α-hetero) is 1. The van der Waals surface area contributed by atoms with Crippen LogP contribution in [-0.2, 0) is 4.79 Å². The number of amides is 1. The Morgan fingerprint density at radius 3 is 2.58 bits per heavy atom. The molecular weight excluding hydrogens is 361 g/mol. The van der Waals surface area contributed by atoms with E-state index in [1.54, 1.807) is 18.2 Å². The third-order valence-corrected chi connectivity index (χ3v) is 3.82. The van der Waals surface area contributed by atoms with Gasteiger partial charge < -0.3 is 14.8 Å². The Labute approximate surface area is 156 Å². The first-order valence-electron chi connectivity index (χ1n) is 7.97. The molecule has 0 atom stereocenters. The van der Waals surface area contributed by atoms with Crippen LogP contribution in [0.25, 0.3) is 0 Å². The number of ether oxygens (including phenoxy) is 2. The normalized spacial score (nSPS) is 10.3. The Hall–Kier alpha value is -2.60. The van der Waals surface area contributed by atoms with E-state index in [1.807, 2.05) is 0 Å². The third kappa shape index (κ3) is 5.46. The topological polar surface area (TPSA) is 64.6 Å². The van der Waals surface area contributed by atoms with Gasteiger partial charge in [0.25, 0.3) is 0 Å². The average Bonchev–Trinajstić information content (AvgIpc) is 2.61. The van der Waals surface area contributed by atoms with Crippen LogP contribution in [0, 0.1) is 5.82 Å². The SMILES string of the molecule is COc1cc(C(C)=O)ccc1OCCCC(=O)Nc1ccc(Cl)cc1F. The molecule has 26 heavy (non-hydrogen) atoms. The number of carbonyl (C=O) groups is 2. The Morgan fingerprint density at radius 1 is 1.15 bits per heavy atom. The lowest BCUT2D eigenvalue weighted by Crippen LogP contribution is -2.14. The molecular formula is C19H19ClFNO4. The molecule has 0 fully saturated rings. The maximum Gasteiger partial charge on any atom is 0.224 e. The molecule has 0 saturated carbocycles. The summed E-state index contributed by atoms with van der Waals surface area (Å²) in [5, 5.41) is 2.75. The van der Waals surface area contributed by atoms with Crippen LogP contribution in [0.5, 0.6) is 11.5 Å². The number of rotatable bonds is 8. The number of hydrogen-bond donors (Lipinski definition) is 1. The monoisotopic (exact) mass is 379 g/mol. The zero-order chi connectivity index (χ0) is 19.1. The molecule has 2 rings (SSSR count). The van der Waals surface area contributed by atoms with Gasteiger partial charge in [-0.25, -0.2) is 4.39 Å². The molecule has 0 heterocycles. The summed E-state index contributed by atoms with van der Waals surface area (Å²) in [7, 11) is 1.49. The zero-order valence-electron chi connectivity index (χ0n) is 14.5. The van der Waals surface area contributed by atoms with Crippen LogP contribution in [0.3, 0.4) is 0 Å². The molecule has 0 bridgehead atoms. The van der Waals surface area contributed by atoms with E-state index in [4.69, 9.17) is 21.1 Å². The lowest BCUT2D eigenvalue weighted by atomic mass is 10.1. The van der Waals surface area contributed by atoms with Gasteiger partial charge >= 0.3 is 0 Å². The molecule has 1 N–H and O–H groups in total. The van der Waals surface area contributed by atoms with Gasteiger partial charge in [-0.05, 0) is 49.7 Å². The number of anilines is 1. The van der Waals surface area contributed by atoms with Crippen molar-refractivity contribution in [2.45, 2.75) is 19.8 Å². The van der Waals surface area contributed by atoms with Crippen molar-refractivity contribution in [2.75, 3.05) is 19.0 Å². The van der Waals surface area contributed by atoms with E-state index in [2.05, 4.69) is 5.32 Å². The fraction of sp³-hybridized carbons (Fsp3) is 0.263. The number of carbonyl (C=O) groups excluding carboxylic acids is 2. The highest BCUT2D eigenvalue weighted by Crippen LogP contribution is 2.28. The first-order chi connectivity index (χ1) is 12.4. The Kier molecular flexibility index (Phi) is 6.97. The largest absolute Gasteiger partial charge is 0.493 e. The van der Waals surface area contributed by atoms with E-state index in [1.165, 1.54) is 26.2 Å². The summed E-state index contributed by atoms with van der Waals surface area (Å²) in [4.78, 5) is 23.3. The predicted octanol–water partition coefficient (Wildman–Crippen LogP) is 4.49. The fourth-order valence-electron chi connectivity index (χ4n) is 2.22. The van der Waals surface area contributed by atoms with Crippen LogP contribution >= 0.6 is 11.6 Å². The van der Waals surface area contributed by atoms with Crippen molar-refractivity contribution >= 4 is 29.0 Å². The molecule has 0 aliphatic rings. The predicted molar refractivity (Wildman–Crippen MR) is 97.8 cm³/mol. The maximum atomic E-state index is 13.6. The summed E-state index contributed by atoms with van der Waals surface area (Å²) in [6.07, 6.45) is 0.592. The van der Waals surface area contributed by atoms with Crippen LogP contribution < -0.4 is 14.8 Å². The van der Waals surface area contributed by atoms with Crippen LogP contribution in [0.1, 0.15) is 30.1 Å². The molecule has 7 heteroatoms. The van der Waals surface area contributed by atoms with Gasteiger partial charge in [0.2, 0.25) is 5.91 Å². The van der Waals surface area contributed by atoms with Crippen molar-refractivity contribution in [2.24, 2.45) is 0 Å². The molecule has 2 aromatic rings. The highest BCUT2D eigenvalue weighted by molar-refractivity contribution is 6.30. The summed E-state index contributed by atoms with van der Waals surface area (Å²) in [5.74, 6) is -0.0425. The summed E-state index contributed by atoms with van der Waals surface area (Å²) in [6, 6.07) is 8.95. The minimum absolute atomic E-state index is 0.0686. The van der Waals surface area contributed by atoms with Crippen molar-refractivity contribution in [1.29, 1.82) is 0 Å². The van der Waals surface area contributed by atoms with Crippen LogP contribution in [-0.4, -0.2) is 25.4 Å².